The molecule has 1 heterocycles. The van der Waals surface area contributed by atoms with E-state index in [0.717, 1.165) is 24.3 Å². The lowest BCUT2D eigenvalue weighted by molar-refractivity contribution is -0.121. The first-order chi connectivity index (χ1) is 14.6. The summed E-state index contributed by atoms with van der Waals surface area (Å²) in [5.74, 6) is -0.744. The Kier molecular flexibility index (Phi) is 6.05. The molecule has 4 nitrogen and oxygen atoms in total. The van der Waals surface area contributed by atoms with Crippen molar-refractivity contribution in [2.24, 2.45) is 0 Å². The molecule has 0 spiro atoms. The lowest BCUT2D eigenvalue weighted by Crippen LogP contribution is -2.50. The van der Waals surface area contributed by atoms with Crippen LogP contribution >= 0.6 is 0 Å². The molecule has 0 unspecified atom stereocenters. The molecule has 1 fully saturated rings. The summed E-state index contributed by atoms with van der Waals surface area (Å²) in [4.78, 5) is 17.5. The van der Waals surface area contributed by atoms with Crippen LogP contribution in [-0.4, -0.2) is 37.0 Å². The van der Waals surface area contributed by atoms with Crippen molar-refractivity contribution in [3.8, 4) is 0 Å². The fourth-order valence-electron chi connectivity index (χ4n) is 3.80. The largest absolute Gasteiger partial charge is 0.369 e. The lowest BCUT2D eigenvalue weighted by atomic mass is 10.0. The molecule has 0 aliphatic carbocycles. The number of nitrogens with zero attached hydrogens (tertiary/aromatic N) is 2. The number of hydrogen-bond donors (Lipinski definition) is 1. The summed E-state index contributed by atoms with van der Waals surface area (Å²) in [6.45, 7) is 2.85. The Balaban J connectivity index is 1.50. The Bertz CT molecular complexity index is 970. The first-order valence-corrected chi connectivity index (χ1v) is 9.96. The van der Waals surface area contributed by atoms with Gasteiger partial charge in [0.2, 0.25) is 5.91 Å². The number of benzene rings is 3. The highest BCUT2D eigenvalue weighted by Gasteiger charge is 2.30. The molecule has 3 aromatic rings. The van der Waals surface area contributed by atoms with Crippen LogP contribution in [0.15, 0.2) is 78.9 Å². The molecule has 0 bridgehead atoms. The third-order valence-electron chi connectivity index (χ3n) is 5.35. The summed E-state index contributed by atoms with van der Waals surface area (Å²) in [5.41, 5.74) is 2.45. The standard InChI is InChI=1S/C24H23F2N3O/c25-19-6-10-21(11-7-19)27-24(30)23(18-4-2-1-3-5-18)29-16-14-28(15-17-29)22-12-8-20(26)9-13-22/h1-13,23H,14-17H2,(H,27,30)/t23-/m0/s1. The van der Waals surface area contributed by atoms with Crippen LogP contribution in [0.2, 0.25) is 0 Å². The number of rotatable bonds is 5. The monoisotopic (exact) mass is 407 g/mol. The minimum Gasteiger partial charge on any atom is -0.369 e. The van der Waals surface area contributed by atoms with E-state index in [9.17, 15) is 13.6 Å². The molecule has 6 heteroatoms. The molecule has 0 aromatic heterocycles. The average molecular weight is 407 g/mol. The first-order valence-electron chi connectivity index (χ1n) is 9.96. The van der Waals surface area contributed by atoms with Crippen molar-refractivity contribution >= 4 is 17.3 Å². The van der Waals surface area contributed by atoms with E-state index in [1.165, 1.54) is 24.3 Å². The number of hydrogen-bond acceptors (Lipinski definition) is 3. The van der Waals surface area contributed by atoms with Crippen LogP contribution in [-0.2, 0) is 4.79 Å². The van der Waals surface area contributed by atoms with E-state index in [2.05, 4.69) is 15.1 Å². The molecule has 4 rings (SSSR count). The van der Waals surface area contributed by atoms with Crippen molar-refractivity contribution < 1.29 is 13.6 Å². The third kappa shape index (κ3) is 4.66. The second kappa shape index (κ2) is 9.05. The smallest absolute Gasteiger partial charge is 0.246 e. The zero-order valence-corrected chi connectivity index (χ0v) is 16.5. The molecule has 0 radical (unpaired) electrons. The van der Waals surface area contributed by atoms with Crippen LogP contribution in [0.25, 0.3) is 0 Å². The van der Waals surface area contributed by atoms with Crippen molar-refractivity contribution in [3.05, 3.63) is 96.1 Å². The Hall–Kier alpha value is -3.25. The Labute approximate surface area is 174 Å². The van der Waals surface area contributed by atoms with E-state index in [1.54, 1.807) is 24.3 Å². The minimum atomic E-state index is -0.452. The maximum atomic E-state index is 13.2. The molecule has 1 aliphatic rings. The van der Waals surface area contributed by atoms with Gasteiger partial charge < -0.3 is 10.2 Å². The van der Waals surface area contributed by atoms with Gasteiger partial charge in [-0.1, -0.05) is 30.3 Å². The summed E-state index contributed by atoms with van der Waals surface area (Å²) >= 11 is 0. The normalized spacial score (nSPS) is 15.6. The molecule has 1 amide bonds. The maximum Gasteiger partial charge on any atom is 0.246 e. The highest BCUT2D eigenvalue weighted by atomic mass is 19.1. The maximum absolute atomic E-state index is 13.2. The van der Waals surface area contributed by atoms with Gasteiger partial charge in [0.05, 0.1) is 0 Å². The van der Waals surface area contributed by atoms with Gasteiger partial charge >= 0.3 is 0 Å². The molecular weight excluding hydrogens is 384 g/mol. The quantitative estimate of drug-likeness (QED) is 0.678. The SMILES string of the molecule is O=C(Nc1ccc(F)cc1)[C@H](c1ccccc1)N1CCN(c2ccc(F)cc2)CC1. The van der Waals surface area contributed by atoms with Gasteiger partial charge in [-0.2, -0.15) is 0 Å². The fraction of sp³-hybridized carbons (Fsp3) is 0.208. The van der Waals surface area contributed by atoms with Gasteiger partial charge in [-0.05, 0) is 54.1 Å². The van der Waals surface area contributed by atoms with Crippen LogP contribution in [0.4, 0.5) is 20.2 Å². The molecule has 1 atom stereocenters. The van der Waals surface area contributed by atoms with Gasteiger partial charge in [-0.25, -0.2) is 8.78 Å². The van der Waals surface area contributed by atoms with E-state index >= 15 is 0 Å². The number of halogens is 2. The number of carbonyl (C=O) groups is 1. The van der Waals surface area contributed by atoms with Crippen LogP contribution in [0.5, 0.6) is 0 Å². The fourth-order valence-corrected chi connectivity index (χ4v) is 3.80. The molecule has 154 valence electrons. The average Bonchev–Trinajstić information content (AvgIpc) is 2.77. The number of carbonyl (C=O) groups excluding carboxylic acids is 1. The van der Waals surface area contributed by atoms with Crippen molar-refractivity contribution in [1.29, 1.82) is 0 Å². The van der Waals surface area contributed by atoms with Crippen LogP contribution in [0, 0.1) is 11.6 Å². The molecular formula is C24H23F2N3O. The number of nitrogens with one attached hydrogen (secondary N) is 1. The van der Waals surface area contributed by atoms with Crippen LogP contribution in [0.3, 0.4) is 0 Å². The van der Waals surface area contributed by atoms with E-state index in [-0.39, 0.29) is 17.5 Å². The summed E-state index contributed by atoms with van der Waals surface area (Å²) < 4.78 is 26.4. The second-order valence-electron chi connectivity index (χ2n) is 7.31. The van der Waals surface area contributed by atoms with E-state index < -0.39 is 6.04 Å². The molecule has 0 saturated carbocycles. The molecule has 30 heavy (non-hydrogen) atoms. The zero-order valence-electron chi connectivity index (χ0n) is 16.5. The number of piperazine rings is 1. The van der Waals surface area contributed by atoms with Gasteiger partial charge in [0.1, 0.15) is 17.7 Å². The first kappa shape index (κ1) is 20.0. The predicted molar refractivity (Wildman–Crippen MR) is 114 cm³/mol. The highest BCUT2D eigenvalue weighted by Crippen LogP contribution is 2.26. The highest BCUT2D eigenvalue weighted by molar-refractivity contribution is 5.95. The van der Waals surface area contributed by atoms with Crippen LogP contribution in [0.1, 0.15) is 11.6 Å². The Morgan fingerprint density at radius 1 is 0.767 bits per heavy atom. The lowest BCUT2D eigenvalue weighted by Gasteiger charge is -2.39. The Morgan fingerprint density at radius 2 is 1.33 bits per heavy atom. The Morgan fingerprint density at radius 3 is 1.93 bits per heavy atom. The summed E-state index contributed by atoms with van der Waals surface area (Å²) in [7, 11) is 0. The molecule has 1 N–H and O–H groups in total. The van der Waals surface area contributed by atoms with Crippen molar-refractivity contribution in [2.45, 2.75) is 6.04 Å². The van der Waals surface area contributed by atoms with Crippen molar-refractivity contribution in [3.63, 3.8) is 0 Å². The molecule has 1 saturated heterocycles. The van der Waals surface area contributed by atoms with Gasteiger partial charge in [0.15, 0.2) is 0 Å². The predicted octanol–water partition coefficient (Wildman–Crippen LogP) is 4.47. The van der Waals surface area contributed by atoms with Gasteiger partial charge in [-0.3, -0.25) is 9.69 Å². The third-order valence-corrected chi connectivity index (χ3v) is 5.35. The van der Waals surface area contributed by atoms with E-state index in [1.807, 2.05) is 30.3 Å². The summed E-state index contributed by atoms with van der Waals surface area (Å²) in [6.07, 6.45) is 0. The molecule has 1 aliphatic heterocycles. The second-order valence-corrected chi connectivity index (χ2v) is 7.31. The topological polar surface area (TPSA) is 35.6 Å². The summed E-state index contributed by atoms with van der Waals surface area (Å²) in [5, 5.41) is 2.91. The zero-order chi connectivity index (χ0) is 20.9. The number of anilines is 2. The van der Waals surface area contributed by atoms with Gasteiger partial charge in [0, 0.05) is 37.6 Å². The minimum absolute atomic E-state index is 0.150. The molecule has 3 aromatic carbocycles. The van der Waals surface area contributed by atoms with Crippen molar-refractivity contribution in [2.75, 3.05) is 36.4 Å². The van der Waals surface area contributed by atoms with E-state index in [0.29, 0.717) is 18.8 Å². The van der Waals surface area contributed by atoms with Gasteiger partial charge in [0.25, 0.3) is 0 Å². The van der Waals surface area contributed by atoms with Crippen LogP contribution < -0.4 is 10.2 Å². The summed E-state index contributed by atoms with van der Waals surface area (Å²) in [6, 6.07) is 21.5. The van der Waals surface area contributed by atoms with E-state index in [4.69, 9.17) is 0 Å². The number of amides is 1. The van der Waals surface area contributed by atoms with Crippen molar-refractivity contribution in [1.82, 2.24) is 4.90 Å². The van der Waals surface area contributed by atoms with Gasteiger partial charge in [-0.15, -0.1) is 0 Å².